The molecule has 140 valence electrons. The maximum Gasteiger partial charge on any atom is 0.452 e. The summed E-state index contributed by atoms with van der Waals surface area (Å²) in [5.41, 5.74) is 5.92. The summed E-state index contributed by atoms with van der Waals surface area (Å²) in [6.07, 6.45) is -3.46. The molecule has 1 aliphatic heterocycles. The van der Waals surface area contributed by atoms with Gasteiger partial charge in [-0.2, -0.15) is 13.2 Å². The highest BCUT2D eigenvalue weighted by atomic mass is 19.4. The molecule has 0 aliphatic carbocycles. The van der Waals surface area contributed by atoms with Gasteiger partial charge >= 0.3 is 12.2 Å². The van der Waals surface area contributed by atoms with Gasteiger partial charge in [0.25, 0.3) is 5.91 Å². The lowest BCUT2D eigenvalue weighted by Gasteiger charge is -2.31. The Morgan fingerprint density at radius 2 is 2.04 bits per heavy atom. The normalized spacial score (nSPS) is 17.5. The number of hydrogen-bond donors (Lipinski definition) is 2. The van der Waals surface area contributed by atoms with Gasteiger partial charge in [-0.1, -0.05) is 25.4 Å². The number of nitrogens with one attached hydrogen (secondary N) is 1. The molecule has 1 saturated heterocycles. The van der Waals surface area contributed by atoms with E-state index in [2.05, 4.69) is 15.0 Å². The minimum Gasteiger partial charge on any atom is -0.349 e. The number of rotatable bonds is 4. The van der Waals surface area contributed by atoms with Gasteiger partial charge in [0.1, 0.15) is 0 Å². The maximum atomic E-state index is 12.5. The lowest BCUT2D eigenvalue weighted by Crippen LogP contribution is -2.53. The fourth-order valence-corrected chi connectivity index (χ4v) is 2.36. The monoisotopic (exact) mass is 363 g/mol. The van der Waals surface area contributed by atoms with Crippen LogP contribution >= 0.6 is 0 Å². The van der Waals surface area contributed by atoms with E-state index >= 15 is 0 Å². The zero-order valence-electron chi connectivity index (χ0n) is 13.8. The molecule has 0 radical (unpaired) electrons. The van der Waals surface area contributed by atoms with E-state index in [9.17, 15) is 22.8 Å². The fourth-order valence-electron chi connectivity index (χ4n) is 2.36. The zero-order chi connectivity index (χ0) is 18.8. The predicted molar refractivity (Wildman–Crippen MR) is 81.0 cm³/mol. The van der Waals surface area contributed by atoms with Crippen molar-refractivity contribution in [3.05, 3.63) is 11.8 Å². The fraction of sp³-hybridized carbons (Fsp3) is 0.643. The van der Waals surface area contributed by atoms with Crippen molar-refractivity contribution in [2.75, 3.05) is 18.4 Å². The average molecular weight is 363 g/mol. The number of nitrogens with two attached hydrogens (primary N) is 1. The van der Waals surface area contributed by atoms with Crippen molar-refractivity contribution in [2.24, 2.45) is 11.7 Å². The van der Waals surface area contributed by atoms with Crippen LogP contribution in [0.25, 0.3) is 0 Å². The van der Waals surface area contributed by atoms with Crippen LogP contribution in [0.4, 0.5) is 23.8 Å². The van der Waals surface area contributed by atoms with Crippen molar-refractivity contribution < 1.29 is 27.3 Å². The number of amides is 3. The van der Waals surface area contributed by atoms with E-state index < -0.39 is 29.9 Å². The Bertz CT molecular complexity index is 633. The largest absolute Gasteiger partial charge is 0.452 e. The van der Waals surface area contributed by atoms with Crippen LogP contribution in [0.3, 0.4) is 0 Å². The molecule has 0 aromatic carbocycles. The molecule has 1 aliphatic rings. The van der Waals surface area contributed by atoms with Gasteiger partial charge in [-0.3, -0.25) is 10.1 Å². The highest BCUT2D eigenvalue weighted by molar-refractivity contribution is 5.91. The lowest BCUT2D eigenvalue weighted by molar-refractivity contribution is -0.155. The number of carbonyl (C=O) groups is 2. The molecule has 8 nitrogen and oxygen atoms in total. The smallest absolute Gasteiger partial charge is 0.349 e. The standard InChI is InChI=1S/C14H20F3N5O3/c1-3-8(2)11(18)12(23)21-5-4-6-22(21)13(24)19-10-7-9(25-20-10)14(15,16)17/h7-8,11H,3-6,18H2,1-2H3,(H,19,20,24)/t8?,11-/m0/s1. The van der Waals surface area contributed by atoms with Crippen LogP contribution in [-0.4, -0.2) is 46.2 Å². The summed E-state index contributed by atoms with van der Waals surface area (Å²) < 4.78 is 41.6. The molecule has 2 rings (SSSR count). The van der Waals surface area contributed by atoms with Crippen LogP contribution in [0.15, 0.2) is 10.6 Å². The van der Waals surface area contributed by atoms with E-state index in [4.69, 9.17) is 5.73 Å². The van der Waals surface area contributed by atoms with E-state index in [0.717, 1.165) is 5.01 Å². The number of nitrogens with zero attached hydrogens (tertiary/aromatic N) is 3. The summed E-state index contributed by atoms with van der Waals surface area (Å²) in [6, 6.07) is -0.961. The third kappa shape index (κ3) is 4.21. The minimum absolute atomic E-state index is 0.0668. The molecule has 2 heterocycles. The number of hydrazine groups is 1. The highest BCUT2D eigenvalue weighted by Gasteiger charge is 2.38. The molecule has 1 aromatic rings. The van der Waals surface area contributed by atoms with Crippen molar-refractivity contribution >= 4 is 17.8 Å². The summed E-state index contributed by atoms with van der Waals surface area (Å²) in [7, 11) is 0. The molecule has 3 amide bonds. The van der Waals surface area contributed by atoms with Crippen LogP contribution in [0.2, 0.25) is 0 Å². The van der Waals surface area contributed by atoms with Gasteiger partial charge < -0.3 is 10.3 Å². The van der Waals surface area contributed by atoms with E-state index in [1.807, 2.05) is 13.8 Å². The molecular weight excluding hydrogens is 343 g/mol. The van der Waals surface area contributed by atoms with Crippen molar-refractivity contribution in [1.29, 1.82) is 0 Å². The number of carbonyl (C=O) groups excluding carboxylic acids is 2. The molecule has 1 aromatic heterocycles. The average Bonchev–Trinajstić information content (AvgIpc) is 3.21. The third-order valence-electron chi connectivity index (χ3n) is 4.09. The van der Waals surface area contributed by atoms with E-state index in [-0.39, 0.29) is 18.3 Å². The Hall–Kier alpha value is -2.30. The first-order valence-electron chi connectivity index (χ1n) is 7.84. The first-order chi connectivity index (χ1) is 11.6. The molecule has 11 heteroatoms. The molecule has 25 heavy (non-hydrogen) atoms. The van der Waals surface area contributed by atoms with Crippen LogP contribution in [0.5, 0.6) is 0 Å². The second-order valence-corrected chi connectivity index (χ2v) is 5.85. The molecule has 1 fully saturated rings. The van der Waals surface area contributed by atoms with E-state index in [1.165, 1.54) is 5.01 Å². The van der Waals surface area contributed by atoms with Gasteiger partial charge in [0.2, 0.25) is 5.76 Å². The molecule has 0 spiro atoms. The quantitative estimate of drug-likeness (QED) is 0.852. The SMILES string of the molecule is CCC(C)[C@H](N)C(=O)N1CCCN1C(=O)Nc1cc(C(F)(F)F)on1. The zero-order valence-corrected chi connectivity index (χ0v) is 13.8. The second-order valence-electron chi connectivity index (χ2n) is 5.85. The molecular formula is C14H20F3N5O3. The third-order valence-corrected chi connectivity index (χ3v) is 4.09. The Labute approximate surface area is 142 Å². The van der Waals surface area contributed by atoms with Gasteiger partial charge in [-0.15, -0.1) is 0 Å². The Morgan fingerprint density at radius 3 is 2.60 bits per heavy atom. The predicted octanol–water partition coefficient (Wildman–Crippen LogP) is 2.05. The summed E-state index contributed by atoms with van der Waals surface area (Å²) in [4.78, 5) is 24.7. The molecule has 1 unspecified atom stereocenters. The Morgan fingerprint density at radius 1 is 1.40 bits per heavy atom. The van der Waals surface area contributed by atoms with Crippen LogP contribution in [0.1, 0.15) is 32.4 Å². The molecule has 2 atom stereocenters. The Balaban J connectivity index is 2.05. The number of alkyl halides is 3. The molecule has 0 saturated carbocycles. The first-order valence-corrected chi connectivity index (χ1v) is 7.84. The van der Waals surface area contributed by atoms with Crippen LogP contribution < -0.4 is 11.1 Å². The summed E-state index contributed by atoms with van der Waals surface area (Å²) in [5.74, 6) is -2.18. The molecule has 3 N–H and O–H groups in total. The van der Waals surface area contributed by atoms with Gasteiger partial charge in [-0.05, 0) is 12.3 Å². The second kappa shape index (κ2) is 7.30. The number of hydrogen-bond acceptors (Lipinski definition) is 5. The maximum absolute atomic E-state index is 12.5. The number of anilines is 1. The summed E-state index contributed by atoms with van der Waals surface area (Å²) >= 11 is 0. The van der Waals surface area contributed by atoms with E-state index in [1.54, 1.807) is 0 Å². The first kappa shape index (κ1) is 19.0. The minimum atomic E-state index is -4.70. The van der Waals surface area contributed by atoms with Gasteiger partial charge in [0, 0.05) is 19.2 Å². The van der Waals surface area contributed by atoms with Gasteiger partial charge in [0.05, 0.1) is 6.04 Å². The summed E-state index contributed by atoms with van der Waals surface area (Å²) in [6.45, 7) is 4.28. The van der Waals surface area contributed by atoms with Crippen LogP contribution in [-0.2, 0) is 11.0 Å². The van der Waals surface area contributed by atoms with Crippen LogP contribution in [0, 0.1) is 5.92 Å². The Kier molecular flexibility index (Phi) is 5.55. The van der Waals surface area contributed by atoms with E-state index in [0.29, 0.717) is 25.5 Å². The lowest BCUT2D eigenvalue weighted by atomic mass is 9.99. The topological polar surface area (TPSA) is 105 Å². The number of aromatic nitrogens is 1. The van der Waals surface area contributed by atoms with Crippen molar-refractivity contribution in [2.45, 2.75) is 38.9 Å². The number of urea groups is 1. The van der Waals surface area contributed by atoms with Crippen molar-refractivity contribution in [3.8, 4) is 0 Å². The van der Waals surface area contributed by atoms with Crippen molar-refractivity contribution in [1.82, 2.24) is 15.2 Å². The highest BCUT2D eigenvalue weighted by Crippen LogP contribution is 2.30. The number of halogens is 3. The van der Waals surface area contributed by atoms with Gasteiger partial charge in [-0.25, -0.2) is 14.8 Å². The van der Waals surface area contributed by atoms with Gasteiger partial charge in [0.15, 0.2) is 5.82 Å². The molecule has 0 bridgehead atoms. The van der Waals surface area contributed by atoms with Crippen molar-refractivity contribution in [3.63, 3.8) is 0 Å². The summed E-state index contributed by atoms with van der Waals surface area (Å²) in [5, 5.41) is 7.69.